The number of rotatable bonds is 5. The summed E-state index contributed by atoms with van der Waals surface area (Å²) in [6, 6.07) is 0. The van der Waals surface area contributed by atoms with Gasteiger partial charge in [-0.2, -0.15) is 13.2 Å². The molecular formula is C14H25F3N2O. The predicted octanol–water partition coefficient (Wildman–Crippen LogP) is 2.80. The minimum Gasteiger partial charge on any atom is -0.333 e. The smallest absolute Gasteiger partial charge is 0.333 e. The van der Waals surface area contributed by atoms with Crippen molar-refractivity contribution in [1.82, 2.24) is 4.90 Å². The molecule has 1 aliphatic rings. The van der Waals surface area contributed by atoms with Crippen molar-refractivity contribution in [2.24, 2.45) is 23.5 Å². The lowest BCUT2D eigenvalue weighted by atomic mass is 9.78. The van der Waals surface area contributed by atoms with Crippen LogP contribution in [0.4, 0.5) is 13.2 Å². The van der Waals surface area contributed by atoms with E-state index in [1.165, 1.54) is 0 Å². The highest BCUT2D eigenvalue weighted by atomic mass is 19.4. The molecule has 1 aliphatic carbocycles. The fraction of sp³-hybridized carbons (Fsp3) is 0.929. The Kier molecular flexibility index (Phi) is 6.30. The van der Waals surface area contributed by atoms with Gasteiger partial charge in [-0.25, -0.2) is 0 Å². The summed E-state index contributed by atoms with van der Waals surface area (Å²) in [6.07, 6.45) is -0.942. The van der Waals surface area contributed by atoms with Gasteiger partial charge < -0.3 is 10.6 Å². The standard InChI is InChI=1S/C14H25F3N2O/c1-10(2)8-19(9-14(15,16)17)13(20)12-6-4-3-5-11(12)7-18/h10-12H,3-9,18H2,1-2H3. The van der Waals surface area contributed by atoms with Crippen molar-refractivity contribution in [1.29, 1.82) is 0 Å². The molecule has 0 aromatic heterocycles. The van der Waals surface area contributed by atoms with Gasteiger partial charge in [0.25, 0.3) is 0 Å². The number of nitrogens with two attached hydrogens (primary N) is 1. The normalized spacial score (nSPS) is 23.9. The van der Waals surface area contributed by atoms with Gasteiger partial charge in [0, 0.05) is 12.5 Å². The average Bonchev–Trinajstić information content (AvgIpc) is 2.35. The second-order valence-corrected chi connectivity index (χ2v) is 6.11. The van der Waals surface area contributed by atoms with Crippen LogP contribution >= 0.6 is 0 Å². The number of carbonyl (C=O) groups is 1. The van der Waals surface area contributed by atoms with Crippen molar-refractivity contribution >= 4 is 5.91 Å². The van der Waals surface area contributed by atoms with Crippen LogP contribution in [0.1, 0.15) is 39.5 Å². The van der Waals surface area contributed by atoms with Crippen LogP contribution in [0.3, 0.4) is 0 Å². The molecule has 2 atom stereocenters. The number of halogens is 3. The molecule has 1 saturated carbocycles. The predicted molar refractivity (Wildman–Crippen MR) is 72.0 cm³/mol. The highest BCUT2D eigenvalue weighted by Crippen LogP contribution is 2.31. The highest BCUT2D eigenvalue weighted by Gasteiger charge is 2.38. The summed E-state index contributed by atoms with van der Waals surface area (Å²) in [5.74, 6) is -0.665. The third kappa shape index (κ3) is 5.31. The molecule has 2 N–H and O–H groups in total. The molecule has 0 bridgehead atoms. The molecule has 1 rings (SSSR count). The number of nitrogens with zero attached hydrogens (tertiary/aromatic N) is 1. The lowest BCUT2D eigenvalue weighted by Crippen LogP contribution is -2.47. The second-order valence-electron chi connectivity index (χ2n) is 6.11. The van der Waals surface area contributed by atoms with Crippen molar-refractivity contribution in [2.75, 3.05) is 19.6 Å². The Morgan fingerprint density at radius 3 is 2.40 bits per heavy atom. The van der Waals surface area contributed by atoms with E-state index in [2.05, 4.69) is 0 Å². The zero-order chi connectivity index (χ0) is 15.3. The fourth-order valence-corrected chi connectivity index (χ4v) is 2.94. The van der Waals surface area contributed by atoms with Gasteiger partial charge in [0.1, 0.15) is 6.54 Å². The van der Waals surface area contributed by atoms with Crippen LogP contribution in [0.2, 0.25) is 0 Å². The number of hydrogen-bond acceptors (Lipinski definition) is 2. The third-order valence-corrected chi connectivity index (χ3v) is 3.80. The van der Waals surface area contributed by atoms with Crippen molar-refractivity contribution in [3.63, 3.8) is 0 Å². The highest BCUT2D eigenvalue weighted by molar-refractivity contribution is 5.79. The van der Waals surface area contributed by atoms with E-state index < -0.39 is 12.7 Å². The van der Waals surface area contributed by atoms with E-state index in [-0.39, 0.29) is 30.2 Å². The van der Waals surface area contributed by atoms with Crippen LogP contribution in [-0.2, 0) is 4.79 Å². The van der Waals surface area contributed by atoms with Gasteiger partial charge in [0.2, 0.25) is 5.91 Å². The summed E-state index contributed by atoms with van der Waals surface area (Å²) in [5, 5.41) is 0. The summed E-state index contributed by atoms with van der Waals surface area (Å²) in [6.45, 7) is 3.00. The first kappa shape index (κ1) is 17.3. The van der Waals surface area contributed by atoms with Crippen LogP contribution < -0.4 is 5.73 Å². The first-order valence-electron chi connectivity index (χ1n) is 7.30. The first-order valence-corrected chi connectivity index (χ1v) is 7.30. The van der Waals surface area contributed by atoms with Gasteiger partial charge in [-0.05, 0) is 31.2 Å². The molecule has 0 aliphatic heterocycles. The SMILES string of the molecule is CC(C)CN(CC(F)(F)F)C(=O)C1CCCCC1CN. The van der Waals surface area contributed by atoms with Crippen LogP contribution in [0.5, 0.6) is 0 Å². The third-order valence-electron chi connectivity index (χ3n) is 3.80. The van der Waals surface area contributed by atoms with Gasteiger partial charge in [-0.15, -0.1) is 0 Å². The molecule has 0 heterocycles. The van der Waals surface area contributed by atoms with Gasteiger partial charge in [0.15, 0.2) is 0 Å². The van der Waals surface area contributed by atoms with Gasteiger partial charge in [-0.1, -0.05) is 26.7 Å². The Balaban J connectivity index is 2.79. The zero-order valence-electron chi connectivity index (χ0n) is 12.2. The van der Waals surface area contributed by atoms with E-state index in [4.69, 9.17) is 5.73 Å². The maximum Gasteiger partial charge on any atom is 0.406 e. The molecule has 1 fully saturated rings. The minimum absolute atomic E-state index is 0.0150. The number of alkyl halides is 3. The van der Waals surface area contributed by atoms with Gasteiger partial charge in [-0.3, -0.25) is 4.79 Å². The molecule has 118 valence electrons. The Morgan fingerprint density at radius 2 is 1.90 bits per heavy atom. The minimum atomic E-state index is -4.35. The molecule has 0 radical (unpaired) electrons. The Bertz CT molecular complexity index is 318. The summed E-state index contributed by atoms with van der Waals surface area (Å²) in [5.41, 5.74) is 5.67. The quantitative estimate of drug-likeness (QED) is 0.847. The molecule has 0 saturated heterocycles. The lowest BCUT2D eigenvalue weighted by molar-refractivity contribution is -0.166. The summed E-state index contributed by atoms with van der Waals surface area (Å²) in [4.78, 5) is 13.4. The largest absolute Gasteiger partial charge is 0.406 e. The maximum atomic E-state index is 12.6. The zero-order valence-corrected chi connectivity index (χ0v) is 12.2. The number of hydrogen-bond donors (Lipinski definition) is 1. The Labute approximate surface area is 118 Å². The maximum absolute atomic E-state index is 12.6. The van der Waals surface area contributed by atoms with Crippen LogP contribution in [0.25, 0.3) is 0 Å². The van der Waals surface area contributed by atoms with E-state index in [1.54, 1.807) is 0 Å². The number of amides is 1. The van der Waals surface area contributed by atoms with Crippen molar-refractivity contribution in [3.05, 3.63) is 0 Å². The summed E-state index contributed by atoms with van der Waals surface area (Å²) in [7, 11) is 0. The van der Waals surface area contributed by atoms with Gasteiger partial charge >= 0.3 is 6.18 Å². The molecule has 1 amide bonds. The van der Waals surface area contributed by atoms with Crippen LogP contribution in [-0.4, -0.2) is 36.6 Å². The molecule has 2 unspecified atom stereocenters. The van der Waals surface area contributed by atoms with E-state index in [1.807, 2.05) is 13.8 Å². The summed E-state index contributed by atoms with van der Waals surface area (Å²) < 4.78 is 37.9. The topological polar surface area (TPSA) is 46.3 Å². The number of carbonyl (C=O) groups excluding carboxylic acids is 1. The Morgan fingerprint density at radius 1 is 1.30 bits per heavy atom. The van der Waals surface area contributed by atoms with Gasteiger partial charge in [0.05, 0.1) is 0 Å². The van der Waals surface area contributed by atoms with E-state index in [0.29, 0.717) is 13.0 Å². The van der Waals surface area contributed by atoms with Crippen molar-refractivity contribution in [3.8, 4) is 0 Å². The second kappa shape index (κ2) is 7.29. The molecule has 6 heteroatoms. The molecule has 3 nitrogen and oxygen atoms in total. The van der Waals surface area contributed by atoms with Crippen LogP contribution in [0.15, 0.2) is 0 Å². The Hall–Kier alpha value is -0.780. The van der Waals surface area contributed by atoms with Crippen LogP contribution in [0, 0.1) is 17.8 Å². The van der Waals surface area contributed by atoms with Crippen molar-refractivity contribution < 1.29 is 18.0 Å². The monoisotopic (exact) mass is 294 g/mol. The van der Waals surface area contributed by atoms with E-state index in [9.17, 15) is 18.0 Å². The van der Waals surface area contributed by atoms with E-state index >= 15 is 0 Å². The molecule has 20 heavy (non-hydrogen) atoms. The molecular weight excluding hydrogens is 269 g/mol. The lowest BCUT2D eigenvalue weighted by Gasteiger charge is -2.35. The first-order chi connectivity index (χ1) is 9.24. The van der Waals surface area contributed by atoms with E-state index in [0.717, 1.165) is 24.2 Å². The fourth-order valence-electron chi connectivity index (χ4n) is 2.94. The molecule has 0 aromatic carbocycles. The summed E-state index contributed by atoms with van der Waals surface area (Å²) >= 11 is 0. The average molecular weight is 294 g/mol. The molecule has 0 aromatic rings. The van der Waals surface area contributed by atoms with Crippen molar-refractivity contribution in [2.45, 2.75) is 45.7 Å². The molecule has 0 spiro atoms.